The monoisotopic (exact) mass is 432 g/mol. The number of carbonyl (C=O) groups excluding carboxylic acids is 1. The van der Waals surface area contributed by atoms with Gasteiger partial charge in [0.2, 0.25) is 5.91 Å². The van der Waals surface area contributed by atoms with E-state index in [1.165, 1.54) is 23.9 Å². The summed E-state index contributed by atoms with van der Waals surface area (Å²) in [4.78, 5) is 16.2. The molecule has 0 unspecified atom stereocenters. The van der Waals surface area contributed by atoms with Crippen LogP contribution in [0.25, 0.3) is 17.1 Å². The Balaban J connectivity index is 1.83. The van der Waals surface area contributed by atoms with Gasteiger partial charge in [-0.05, 0) is 42.8 Å². The second kappa shape index (κ2) is 9.63. The molecule has 164 valence electrons. The van der Waals surface area contributed by atoms with Gasteiger partial charge >= 0.3 is 12.2 Å². The molecular weight excluding hydrogens is 409 g/mol. The van der Waals surface area contributed by atoms with Crippen molar-refractivity contribution < 1.29 is 22.7 Å². The lowest BCUT2D eigenvalue weighted by Gasteiger charge is -2.10. The van der Waals surface area contributed by atoms with Gasteiger partial charge in [0.15, 0.2) is 5.82 Å². The number of rotatable bonds is 8. The summed E-state index contributed by atoms with van der Waals surface area (Å²) in [6.07, 6.45) is -1.05. The van der Waals surface area contributed by atoms with Gasteiger partial charge in [0.1, 0.15) is 0 Å². The van der Waals surface area contributed by atoms with Gasteiger partial charge < -0.3 is 10.1 Å². The Kier molecular flexibility index (Phi) is 6.94. The number of unbranched alkanes of at least 4 members (excludes halogenated alkanes) is 2. The second-order valence-electron chi connectivity index (χ2n) is 6.96. The average Bonchev–Trinajstić information content (AvgIpc) is 3.18. The lowest BCUT2D eigenvalue weighted by molar-refractivity contribution is -0.137. The van der Waals surface area contributed by atoms with Gasteiger partial charge in [0, 0.05) is 17.7 Å². The second-order valence-corrected chi connectivity index (χ2v) is 6.96. The number of nitrogens with zero attached hydrogens (tertiary/aromatic N) is 3. The highest BCUT2D eigenvalue weighted by atomic mass is 19.4. The third kappa shape index (κ3) is 5.62. The number of ether oxygens (including phenoxy) is 1. The molecule has 1 N–H and O–H groups in total. The van der Waals surface area contributed by atoms with Crippen molar-refractivity contribution in [1.29, 1.82) is 0 Å². The van der Waals surface area contributed by atoms with E-state index in [-0.39, 0.29) is 11.9 Å². The largest absolute Gasteiger partial charge is 0.466 e. The summed E-state index contributed by atoms with van der Waals surface area (Å²) in [6, 6.07) is 11.7. The van der Waals surface area contributed by atoms with Crippen LogP contribution in [-0.2, 0) is 11.0 Å². The number of benzene rings is 2. The third-order valence-electron chi connectivity index (χ3n) is 4.64. The standard InChI is InChI=1S/C22H23F3N4O2/c1-3-4-5-6-19(30)26-17-11-13-18(14-12-17)29-20(27-21(28-29)31-2)15-7-9-16(10-8-15)22(23,24)25/h7-14H,3-6H2,1-2H3,(H,26,30). The fourth-order valence-electron chi connectivity index (χ4n) is 3.00. The Morgan fingerprint density at radius 3 is 2.32 bits per heavy atom. The van der Waals surface area contributed by atoms with Crippen molar-refractivity contribution in [2.24, 2.45) is 0 Å². The highest BCUT2D eigenvalue weighted by Crippen LogP contribution is 2.31. The summed E-state index contributed by atoms with van der Waals surface area (Å²) in [7, 11) is 1.41. The van der Waals surface area contributed by atoms with E-state index in [2.05, 4.69) is 22.3 Å². The van der Waals surface area contributed by atoms with E-state index in [4.69, 9.17) is 4.74 Å². The number of anilines is 1. The molecule has 1 amide bonds. The van der Waals surface area contributed by atoms with E-state index in [1.54, 1.807) is 24.3 Å². The summed E-state index contributed by atoms with van der Waals surface area (Å²) in [6.45, 7) is 2.08. The molecule has 0 aliphatic heterocycles. The van der Waals surface area contributed by atoms with Gasteiger partial charge in [-0.25, -0.2) is 4.68 Å². The van der Waals surface area contributed by atoms with E-state index < -0.39 is 11.7 Å². The molecule has 1 aromatic heterocycles. The van der Waals surface area contributed by atoms with Crippen LogP contribution in [0.5, 0.6) is 6.01 Å². The lowest BCUT2D eigenvalue weighted by Crippen LogP contribution is -2.11. The predicted octanol–water partition coefficient (Wildman–Crippen LogP) is 5.48. The molecule has 0 bridgehead atoms. The average molecular weight is 432 g/mol. The first kappa shape index (κ1) is 22.3. The van der Waals surface area contributed by atoms with Crippen molar-refractivity contribution >= 4 is 11.6 Å². The third-order valence-corrected chi connectivity index (χ3v) is 4.64. The molecule has 3 aromatic rings. The molecule has 0 aliphatic rings. The molecule has 0 atom stereocenters. The van der Waals surface area contributed by atoms with Crippen LogP contribution in [0.3, 0.4) is 0 Å². The van der Waals surface area contributed by atoms with E-state index >= 15 is 0 Å². The maximum atomic E-state index is 12.9. The lowest BCUT2D eigenvalue weighted by atomic mass is 10.1. The summed E-state index contributed by atoms with van der Waals surface area (Å²) in [5.74, 6) is 0.288. The Hall–Kier alpha value is -3.36. The quantitative estimate of drug-likeness (QED) is 0.479. The van der Waals surface area contributed by atoms with E-state index in [0.717, 1.165) is 31.4 Å². The van der Waals surface area contributed by atoms with Crippen molar-refractivity contribution in [2.45, 2.75) is 38.8 Å². The Labute approximate surface area is 178 Å². The molecule has 0 spiro atoms. The number of halogens is 3. The van der Waals surface area contributed by atoms with Gasteiger partial charge in [-0.1, -0.05) is 31.9 Å². The van der Waals surface area contributed by atoms with Crippen molar-refractivity contribution in [2.75, 3.05) is 12.4 Å². The molecular formula is C22H23F3N4O2. The molecule has 1 heterocycles. The van der Waals surface area contributed by atoms with Crippen molar-refractivity contribution in [3.05, 3.63) is 54.1 Å². The number of hydrogen-bond donors (Lipinski definition) is 1. The van der Waals surface area contributed by atoms with Crippen LogP contribution in [0.1, 0.15) is 38.2 Å². The van der Waals surface area contributed by atoms with Crippen LogP contribution in [0, 0.1) is 0 Å². The summed E-state index contributed by atoms with van der Waals surface area (Å²) >= 11 is 0. The maximum Gasteiger partial charge on any atom is 0.416 e. The molecule has 9 heteroatoms. The number of methoxy groups -OCH3 is 1. The molecule has 0 aliphatic carbocycles. The Bertz CT molecular complexity index is 1010. The SMILES string of the molecule is CCCCCC(=O)Nc1ccc(-n2nc(OC)nc2-c2ccc(C(F)(F)F)cc2)cc1. The van der Waals surface area contributed by atoms with Crippen LogP contribution in [0.4, 0.5) is 18.9 Å². The number of aromatic nitrogens is 3. The summed E-state index contributed by atoms with van der Waals surface area (Å²) in [5, 5.41) is 7.11. The van der Waals surface area contributed by atoms with Gasteiger partial charge in [-0.3, -0.25) is 4.79 Å². The Morgan fingerprint density at radius 1 is 1.06 bits per heavy atom. The maximum absolute atomic E-state index is 12.9. The zero-order chi connectivity index (χ0) is 22.4. The predicted molar refractivity (Wildman–Crippen MR) is 111 cm³/mol. The summed E-state index contributed by atoms with van der Waals surface area (Å²) in [5.41, 5.74) is 0.980. The Morgan fingerprint density at radius 2 is 1.74 bits per heavy atom. The van der Waals surface area contributed by atoms with Gasteiger partial charge in [-0.2, -0.15) is 18.2 Å². The molecule has 0 radical (unpaired) electrons. The molecule has 0 saturated heterocycles. The first-order valence-corrected chi connectivity index (χ1v) is 9.90. The van der Waals surface area contributed by atoms with Crippen LogP contribution in [0.2, 0.25) is 0 Å². The number of alkyl halides is 3. The smallest absolute Gasteiger partial charge is 0.416 e. The number of carbonyl (C=O) groups is 1. The highest BCUT2D eigenvalue weighted by Gasteiger charge is 2.30. The molecule has 3 rings (SSSR count). The minimum atomic E-state index is -4.42. The molecule has 0 fully saturated rings. The van der Waals surface area contributed by atoms with Gasteiger partial charge in [0.25, 0.3) is 0 Å². The van der Waals surface area contributed by atoms with Crippen molar-refractivity contribution in [1.82, 2.24) is 14.8 Å². The number of nitrogens with one attached hydrogen (secondary N) is 1. The van der Waals surface area contributed by atoms with Gasteiger partial charge in [0.05, 0.1) is 18.4 Å². The van der Waals surface area contributed by atoms with E-state index in [1.807, 2.05) is 0 Å². The van der Waals surface area contributed by atoms with Crippen molar-refractivity contribution in [3.63, 3.8) is 0 Å². The minimum Gasteiger partial charge on any atom is -0.466 e. The van der Waals surface area contributed by atoms with Crippen molar-refractivity contribution in [3.8, 4) is 23.1 Å². The van der Waals surface area contributed by atoms with Crippen LogP contribution >= 0.6 is 0 Å². The molecule has 0 saturated carbocycles. The first-order valence-electron chi connectivity index (χ1n) is 9.90. The molecule has 6 nitrogen and oxygen atoms in total. The highest BCUT2D eigenvalue weighted by molar-refractivity contribution is 5.90. The van der Waals surface area contributed by atoms with E-state index in [0.29, 0.717) is 29.2 Å². The number of hydrogen-bond acceptors (Lipinski definition) is 4. The molecule has 2 aromatic carbocycles. The van der Waals surface area contributed by atoms with Gasteiger partial charge in [-0.15, -0.1) is 5.10 Å². The molecule has 31 heavy (non-hydrogen) atoms. The van der Waals surface area contributed by atoms with Crippen LogP contribution in [0.15, 0.2) is 48.5 Å². The minimum absolute atomic E-state index is 0.0472. The topological polar surface area (TPSA) is 69.0 Å². The number of amides is 1. The van der Waals surface area contributed by atoms with Crippen LogP contribution < -0.4 is 10.1 Å². The van der Waals surface area contributed by atoms with Crippen LogP contribution in [-0.4, -0.2) is 27.8 Å². The zero-order valence-electron chi connectivity index (χ0n) is 17.2. The first-order chi connectivity index (χ1) is 14.8. The normalized spacial score (nSPS) is 11.4. The zero-order valence-corrected chi connectivity index (χ0v) is 17.2. The van der Waals surface area contributed by atoms with E-state index in [9.17, 15) is 18.0 Å². The fourth-order valence-corrected chi connectivity index (χ4v) is 3.00. The fraction of sp³-hybridized carbons (Fsp3) is 0.318. The summed E-state index contributed by atoms with van der Waals surface area (Å²) < 4.78 is 45.2.